The Kier molecular flexibility index (Phi) is 12.7. The summed E-state index contributed by atoms with van der Waals surface area (Å²) in [7, 11) is 3.53. The lowest BCUT2D eigenvalue weighted by Crippen LogP contribution is -2.55. The predicted molar refractivity (Wildman–Crippen MR) is 96.2 cm³/mol. The summed E-state index contributed by atoms with van der Waals surface area (Å²) in [5.74, 6) is -0.0764. The molecule has 0 aliphatic rings. The number of carbonyl (C=O) groups excluding carboxylic acids is 4. The number of aldehydes is 1. The van der Waals surface area contributed by atoms with Gasteiger partial charge in [-0.2, -0.15) is 11.8 Å². The molecule has 25 heavy (non-hydrogen) atoms. The van der Waals surface area contributed by atoms with Crippen molar-refractivity contribution in [1.82, 2.24) is 20.9 Å². The highest BCUT2D eigenvalue weighted by atomic mass is 32.2. The number of amides is 3. The standard InChI is InChI=1S/C15H28N4O5S/c1-4-7-25-10-12(19(2)3)15(24)18-11(9-21)14(23)17-8-13(22)16-5-6-20/h6,11-12,21H,4-5,7-10H2,1-3H3,(H,16,22)(H,17,23)(H,18,24)/t11-,12?/m0/s1. The van der Waals surface area contributed by atoms with Crippen molar-refractivity contribution >= 4 is 35.8 Å². The zero-order chi connectivity index (χ0) is 19.2. The van der Waals surface area contributed by atoms with Crippen LogP contribution in [0.1, 0.15) is 13.3 Å². The first-order valence-corrected chi connectivity index (χ1v) is 9.16. The minimum Gasteiger partial charge on any atom is -0.394 e. The molecule has 0 rings (SSSR count). The lowest BCUT2D eigenvalue weighted by Gasteiger charge is -2.25. The molecule has 2 atom stereocenters. The van der Waals surface area contributed by atoms with Gasteiger partial charge >= 0.3 is 0 Å². The van der Waals surface area contributed by atoms with Gasteiger partial charge in [0.05, 0.1) is 25.7 Å². The van der Waals surface area contributed by atoms with Gasteiger partial charge in [-0.05, 0) is 26.3 Å². The summed E-state index contributed by atoms with van der Waals surface area (Å²) in [6.45, 7) is 0.974. The third-order valence-electron chi connectivity index (χ3n) is 3.17. The SMILES string of the molecule is CCCSCC(C(=O)N[C@@H](CO)C(=O)NCC(=O)NCC=O)N(C)C. The van der Waals surface area contributed by atoms with Crippen LogP contribution in [0.3, 0.4) is 0 Å². The Bertz CT molecular complexity index is 448. The van der Waals surface area contributed by atoms with Crippen LogP contribution in [0.15, 0.2) is 0 Å². The molecule has 144 valence electrons. The van der Waals surface area contributed by atoms with E-state index in [4.69, 9.17) is 0 Å². The number of rotatable bonds is 13. The maximum Gasteiger partial charge on any atom is 0.245 e. The van der Waals surface area contributed by atoms with Crippen LogP contribution in [-0.2, 0) is 19.2 Å². The lowest BCUT2D eigenvalue weighted by molar-refractivity contribution is -0.132. The van der Waals surface area contributed by atoms with Gasteiger partial charge in [0.25, 0.3) is 0 Å². The number of hydrogen-bond acceptors (Lipinski definition) is 7. The molecule has 0 spiro atoms. The van der Waals surface area contributed by atoms with E-state index in [9.17, 15) is 24.3 Å². The molecule has 0 saturated carbocycles. The van der Waals surface area contributed by atoms with Crippen molar-refractivity contribution in [1.29, 1.82) is 0 Å². The largest absolute Gasteiger partial charge is 0.394 e. The third kappa shape index (κ3) is 10.0. The van der Waals surface area contributed by atoms with Gasteiger partial charge in [-0.25, -0.2) is 0 Å². The Morgan fingerprint density at radius 1 is 1.20 bits per heavy atom. The molecule has 0 fully saturated rings. The van der Waals surface area contributed by atoms with Crippen molar-refractivity contribution in [3.8, 4) is 0 Å². The minimum absolute atomic E-state index is 0.144. The van der Waals surface area contributed by atoms with Crippen molar-refractivity contribution in [2.24, 2.45) is 0 Å². The van der Waals surface area contributed by atoms with Gasteiger partial charge in [-0.1, -0.05) is 6.92 Å². The molecular formula is C15H28N4O5S. The fourth-order valence-corrected chi connectivity index (χ4v) is 2.90. The molecule has 9 nitrogen and oxygen atoms in total. The number of aliphatic hydroxyl groups excluding tert-OH is 1. The minimum atomic E-state index is -1.15. The average Bonchev–Trinajstić information content (AvgIpc) is 2.58. The van der Waals surface area contributed by atoms with Crippen LogP contribution in [-0.4, -0.2) is 91.4 Å². The third-order valence-corrected chi connectivity index (χ3v) is 4.42. The number of hydrogen-bond donors (Lipinski definition) is 4. The second kappa shape index (κ2) is 13.6. The maximum absolute atomic E-state index is 12.4. The van der Waals surface area contributed by atoms with Crippen LogP contribution in [0.2, 0.25) is 0 Å². The molecule has 0 aliphatic heterocycles. The van der Waals surface area contributed by atoms with E-state index in [0.29, 0.717) is 12.0 Å². The number of thioether (sulfide) groups is 1. The van der Waals surface area contributed by atoms with Gasteiger partial charge < -0.3 is 25.9 Å². The highest BCUT2D eigenvalue weighted by Gasteiger charge is 2.26. The normalized spacial score (nSPS) is 13.0. The monoisotopic (exact) mass is 376 g/mol. The second-order valence-electron chi connectivity index (χ2n) is 5.49. The van der Waals surface area contributed by atoms with E-state index in [1.807, 2.05) is 0 Å². The molecule has 0 aromatic rings. The zero-order valence-electron chi connectivity index (χ0n) is 14.9. The quantitative estimate of drug-likeness (QED) is 0.216. The lowest BCUT2D eigenvalue weighted by atomic mass is 10.2. The molecule has 0 aromatic heterocycles. The first-order valence-electron chi connectivity index (χ1n) is 8.00. The highest BCUT2D eigenvalue weighted by molar-refractivity contribution is 7.99. The second-order valence-corrected chi connectivity index (χ2v) is 6.64. The number of nitrogens with one attached hydrogen (secondary N) is 3. The Balaban J connectivity index is 4.55. The molecule has 0 saturated heterocycles. The summed E-state index contributed by atoms with van der Waals surface area (Å²) in [4.78, 5) is 47.6. The van der Waals surface area contributed by atoms with E-state index in [0.717, 1.165) is 12.2 Å². The number of likely N-dealkylation sites (N-methyl/N-ethyl adjacent to an activating group) is 1. The van der Waals surface area contributed by atoms with E-state index in [1.165, 1.54) is 0 Å². The first-order chi connectivity index (χ1) is 11.9. The molecule has 1 unspecified atom stereocenters. The highest BCUT2D eigenvalue weighted by Crippen LogP contribution is 2.08. The molecule has 0 aromatic carbocycles. The van der Waals surface area contributed by atoms with E-state index in [-0.39, 0.29) is 19.0 Å². The molecule has 4 N–H and O–H groups in total. The molecular weight excluding hydrogens is 348 g/mol. The zero-order valence-corrected chi connectivity index (χ0v) is 15.7. The number of carbonyl (C=O) groups is 4. The topological polar surface area (TPSA) is 128 Å². The van der Waals surface area contributed by atoms with Gasteiger partial charge in [0.15, 0.2) is 0 Å². The Labute approximate surface area is 152 Å². The Morgan fingerprint density at radius 2 is 1.88 bits per heavy atom. The van der Waals surface area contributed by atoms with Gasteiger partial charge in [-0.15, -0.1) is 0 Å². The van der Waals surface area contributed by atoms with Gasteiger partial charge in [0.1, 0.15) is 12.3 Å². The van der Waals surface area contributed by atoms with Crippen LogP contribution >= 0.6 is 11.8 Å². The van der Waals surface area contributed by atoms with Crippen LogP contribution in [0.25, 0.3) is 0 Å². The van der Waals surface area contributed by atoms with E-state index < -0.39 is 30.5 Å². The molecule has 3 amide bonds. The summed E-state index contributed by atoms with van der Waals surface area (Å²) in [5.41, 5.74) is 0. The molecule has 0 bridgehead atoms. The van der Waals surface area contributed by atoms with Crippen LogP contribution in [0.5, 0.6) is 0 Å². The van der Waals surface area contributed by atoms with Crippen LogP contribution in [0.4, 0.5) is 0 Å². The molecule has 0 aliphatic carbocycles. The van der Waals surface area contributed by atoms with Crippen LogP contribution < -0.4 is 16.0 Å². The molecule has 0 heterocycles. The van der Waals surface area contributed by atoms with Gasteiger partial charge in [0, 0.05) is 5.75 Å². The van der Waals surface area contributed by atoms with E-state index >= 15 is 0 Å². The fourth-order valence-electron chi connectivity index (χ4n) is 1.77. The maximum atomic E-state index is 12.4. The number of nitrogens with zero attached hydrogens (tertiary/aromatic N) is 1. The fraction of sp³-hybridized carbons (Fsp3) is 0.733. The molecule has 0 radical (unpaired) electrons. The average molecular weight is 376 g/mol. The summed E-state index contributed by atoms with van der Waals surface area (Å²) >= 11 is 1.64. The van der Waals surface area contributed by atoms with E-state index in [1.54, 1.807) is 30.8 Å². The number of aliphatic hydroxyl groups is 1. The predicted octanol–water partition coefficient (Wildman–Crippen LogP) is -2.03. The summed E-state index contributed by atoms with van der Waals surface area (Å²) in [6.07, 6.45) is 1.52. The summed E-state index contributed by atoms with van der Waals surface area (Å²) in [6, 6.07) is -1.58. The first kappa shape index (κ1) is 23.4. The van der Waals surface area contributed by atoms with Crippen molar-refractivity contribution in [3.05, 3.63) is 0 Å². The summed E-state index contributed by atoms with van der Waals surface area (Å²) in [5, 5.41) is 16.4. The van der Waals surface area contributed by atoms with Gasteiger partial charge in [0.2, 0.25) is 17.7 Å². The van der Waals surface area contributed by atoms with Crippen molar-refractivity contribution in [2.45, 2.75) is 25.4 Å². The summed E-state index contributed by atoms with van der Waals surface area (Å²) < 4.78 is 0. The van der Waals surface area contributed by atoms with Crippen molar-refractivity contribution in [2.75, 3.05) is 45.3 Å². The van der Waals surface area contributed by atoms with Crippen LogP contribution in [0, 0.1) is 0 Å². The molecule has 10 heteroatoms. The van der Waals surface area contributed by atoms with E-state index in [2.05, 4.69) is 22.9 Å². The van der Waals surface area contributed by atoms with Gasteiger partial charge in [-0.3, -0.25) is 19.3 Å². The van der Waals surface area contributed by atoms with Crippen molar-refractivity contribution in [3.63, 3.8) is 0 Å². The van der Waals surface area contributed by atoms with Crippen molar-refractivity contribution < 1.29 is 24.3 Å². The Morgan fingerprint density at radius 3 is 2.40 bits per heavy atom. The smallest absolute Gasteiger partial charge is 0.245 e. The Hall–Kier alpha value is -1.65.